The van der Waals surface area contributed by atoms with Gasteiger partial charge in [0.25, 0.3) is 5.91 Å². The van der Waals surface area contributed by atoms with E-state index in [1.165, 1.54) is 6.07 Å². The highest BCUT2D eigenvalue weighted by atomic mass is 32.2. The number of sulfone groups is 1. The van der Waals surface area contributed by atoms with Crippen LogP contribution in [0.25, 0.3) is 0 Å². The summed E-state index contributed by atoms with van der Waals surface area (Å²) in [5.41, 5.74) is 0.121. The van der Waals surface area contributed by atoms with Crippen LogP contribution in [0.2, 0.25) is 0 Å². The minimum atomic E-state index is -3.04. The van der Waals surface area contributed by atoms with Crippen molar-refractivity contribution in [2.45, 2.75) is 19.4 Å². The molecule has 2 aromatic rings. The predicted octanol–water partition coefficient (Wildman–Crippen LogP) is 0.434. The molecule has 0 saturated carbocycles. The smallest absolute Gasteiger partial charge is 0.272 e. The molecule has 2 aromatic heterocycles. The molecule has 1 fully saturated rings. The number of rotatable bonds is 4. The molecule has 9 nitrogen and oxygen atoms in total. The van der Waals surface area contributed by atoms with Gasteiger partial charge in [-0.05, 0) is 25.5 Å². The maximum Gasteiger partial charge on any atom is 0.272 e. The van der Waals surface area contributed by atoms with Gasteiger partial charge in [0.2, 0.25) is 0 Å². The van der Waals surface area contributed by atoms with Crippen molar-refractivity contribution >= 4 is 27.4 Å². The Hall–Kier alpha value is -2.49. The zero-order chi connectivity index (χ0) is 16.4. The van der Waals surface area contributed by atoms with E-state index in [9.17, 15) is 13.2 Å². The van der Waals surface area contributed by atoms with E-state index in [0.29, 0.717) is 23.8 Å². The second-order valence-electron chi connectivity index (χ2n) is 5.33. The Morgan fingerprint density at radius 1 is 1.30 bits per heavy atom. The van der Waals surface area contributed by atoms with Crippen molar-refractivity contribution in [1.29, 1.82) is 0 Å². The summed E-state index contributed by atoms with van der Waals surface area (Å²) in [5, 5.41) is 17.0. The topological polar surface area (TPSA) is 127 Å². The van der Waals surface area contributed by atoms with Gasteiger partial charge in [0.15, 0.2) is 27.2 Å². The summed E-state index contributed by atoms with van der Waals surface area (Å²) in [6, 6.07) is 4.41. The number of aryl methyl sites for hydroxylation is 1. The van der Waals surface area contributed by atoms with Gasteiger partial charge in [-0.25, -0.2) is 8.42 Å². The van der Waals surface area contributed by atoms with Crippen molar-refractivity contribution in [2.75, 3.05) is 16.8 Å². The standard InChI is InChI=1S/C13H15N5O4S/c1-8-6-12(18-22-8)15-11-3-2-10(16-17-11)13(19)14-9-4-5-23(20,21)7-9/h2-3,6,9H,4-5,7H2,1H3,(H,14,19)(H,15,17,18). The van der Waals surface area contributed by atoms with Crippen molar-refractivity contribution in [3.63, 3.8) is 0 Å². The highest BCUT2D eigenvalue weighted by Crippen LogP contribution is 2.14. The van der Waals surface area contributed by atoms with Crippen LogP contribution in [0.1, 0.15) is 22.7 Å². The zero-order valence-corrected chi connectivity index (χ0v) is 13.1. The monoisotopic (exact) mass is 337 g/mol. The quantitative estimate of drug-likeness (QED) is 0.822. The first-order chi connectivity index (χ1) is 10.9. The molecule has 10 heteroatoms. The predicted molar refractivity (Wildman–Crippen MR) is 81.1 cm³/mol. The number of hydrogen-bond acceptors (Lipinski definition) is 8. The molecule has 1 unspecified atom stereocenters. The van der Waals surface area contributed by atoms with Crippen LogP contribution >= 0.6 is 0 Å². The lowest BCUT2D eigenvalue weighted by atomic mass is 10.2. The first-order valence-electron chi connectivity index (χ1n) is 6.97. The molecule has 0 bridgehead atoms. The summed E-state index contributed by atoms with van der Waals surface area (Å²) in [4.78, 5) is 12.0. The number of nitrogens with zero attached hydrogens (tertiary/aromatic N) is 3. The van der Waals surface area contributed by atoms with E-state index in [2.05, 4.69) is 26.0 Å². The van der Waals surface area contributed by atoms with Crippen LogP contribution in [-0.4, -0.2) is 47.2 Å². The first-order valence-corrected chi connectivity index (χ1v) is 8.79. The van der Waals surface area contributed by atoms with Crippen molar-refractivity contribution in [3.8, 4) is 0 Å². The van der Waals surface area contributed by atoms with Crippen LogP contribution in [0.3, 0.4) is 0 Å². The Morgan fingerprint density at radius 2 is 2.13 bits per heavy atom. The molecule has 1 atom stereocenters. The van der Waals surface area contributed by atoms with Gasteiger partial charge in [-0.3, -0.25) is 4.79 Å². The fraction of sp³-hybridized carbons (Fsp3) is 0.385. The molecule has 0 radical (unpaired) electrons. The van der Waals surface area contributed by atoms with Gasteiger partial charge in [-0.15, -0.1) is 10.2 Å². The number of anilines is 2. The summed E-state index contributed by atoms with van der Waals surface area (Å²) in [5.74, 6) is 1.19. The maximum atomic E-state index is 12.0. The summed E-state index contributed by atoms with van der Waals surface area (Å²) in [6.45, 7) is 1.76. The van der Waals surface area contributed by atoms with Crippen LogP contribution in [0, 0.1) is 6.92 Å². The van der Waals surface area contributed by atoms with Crippen LogP contribution in [-0.2, 0) is 9.84 Å². The number of amides is 1. The summed E-state index contributed by atoms with van der Waals surface area (Å²) in [6.07, 6.45) is 0.423. The third-order valence-corrected chi connectivity index (χ3v) is 5.12. The van der Waals surface area contributed by atoms with Crippen molar-refractivity contribution in [3.05, 3.63) is 29.7 Å². The number of hydrogen-bond donors (Lipinski definition) is 2. The highest BCUT2D eigenvalue weighted by molar-refractivity contribution is 7.91. The zero-order valence-electron chi connectivity index (χ0n) is 12.3. The molecule has 0 spiro atoms. The van der Waals surface area contributed by atoms with E-state index in [1.54, 1.807) is 19.1 Å². The molecule has 2 N–H and O–H groups in total. The lowest BCUT2D eigenvalue weighted by molar-refractivity contribution is 0.0935. The van der Waals surface area contributed by atoms with E-state index in [-0.39, 0.29) is 23.2 Å². The van der Waals surface area contributed by atoms with Gasteiger partial charge in [0.05, 0.1) is 11.5 Å². The average Bonchev–Trinajstić information content (AvgIpc) is 3.05. The summed E-state index contributed by atoms with van der Waals surface area (Å²) < 4.78 is 27.7. The molecule has 0 aromatic carbocycles. The second kappa shape index (κ2) is 5.95. The molecule has 1 aliphatic rings. The van der Waals surface area contributed by atoms with Gasteiger partial charge < -0.3 is 15.2 Å². The number of nitrogens with one attached hydrogen (secondary N) is 2. The molecular formula is C13H15N5O4S. The van der Waals surface area contributed by atoms with Crippen LogP contribution in [0.15, 0.2) is 22.7 Å². The van der Waals surface area contributed by atoms with Gasteiger partial charge in [-0.1, -0.05) is 5.16 Å². The molecule has 122 valence electrons. The summed E-state index contributed by atoms with van der Waals surface area (Å²) in [7, 11) is -3.04. The minimum absolute atomic E-state index is 0.0304. The molecule has 0 aliphatic carbocycles. The summed E-state index contributed by atoms with van der Waals surface area (Å²) >= 11 is 0. The Bertz CT molecular complexity index is 815. The number of carbonyl (C=O) groups excluding carboxylic acids is 1. The third kappa shape index (κ3) is 3.83. The van der Waals surface area contributed by atoms with Crippen LogP contribution < -0.4 is 10.6 Å². The third-order valence-electron chi connectivity index (χ3n) is 3.35. The second-order valence-corrected chi connectivity index (χ2v) is 7.55. The maximum absolute atomic E-state index is 12.0. The molecule has 23 heavy (non-hydrogen) atoms. The molecular weight excluding hydrogens is 322 g/mol. The average molecular weight is 337 g/mol. The van der Waals surface area contributed by atoms with Crippen LogP contribution in [0.5, 0.6) is 0 Å². The van der Waals surface area contributed by atoms with E-state index in [4.69, 9.17) is 4.52 Å². The molecule has 3 heterocycles. The van der Waals surface area contributed by atoms with Crippen LogP contribution in [0.4, 0.5) is 11.6 Å². The van der Waals surface area contributed by atoms with E-state index in [0.717, 1.165) is 0 Å². The number of aromatic nitrogens is 3. The normalized spacial score (nSPS) is 19.4. The Kier molecular flexibility index (Phi) is 3.99. The minimum Gasteiger partial charge on any atom is -0.360 e. The molecule has 1 amide bonds. The highest BCUT2D eigenvalue weighted by Gasteiger charge is 2.29. The van der Waals surface area contributed by atoms with Crippen molar-refractivity contribution < 1.29 is 17.7 Å². The van der Waals surface area contributed by atoms with Crippen molar-refractivity contribution in [2.24, 2.45) is 0 Å². The molecule has 1 saturated heterocycles. The number of carbonyl (C=O) groups is 1. The fourth-order valence-electron chi connectivity index (χ4n) is 2.24. The Labute approximate surface area is 132 Å². The molecule has 1 aliphatic heterocycles. The largest absolute Gasteiger partial charge is 0.360 e. The van der Waals surface area contributed by atoms with Gasteiger partial charge in [0.1, 0.15) is 5.76 Å². The van der Waals surface area contributed by atoms with Gasteiger partial charge >= 0.3 is 0 Å². The van der Waals surface area contributed by atoms with Gasteiger partial charge in [-0.2, -0.15) is 0 Å². The van der Waals surface area contributed by atoms with E-state index < -0.39 is 15.7 Å². The Morgan fingerprint density at radius 3 is 2.70 bits per heavy atom. The lowest BCUT2D eigenvalue weighted by Gasteiger charge is -2.10. The lowest BCUT2D eigenvalue weighted by Crippen LogP contribution is -2.36. The fourth-order valence-corrected chi connectivity index (χ4v) is 3.92. The Balaban J connectivity index is 1.61. The molecule has 3 rings (SSSR count). The first kappa shape index (κ1) is 15.4. The SMILES string of the molecule is Cc1cc(Nc2ccc(C(=O)NC3CCS(=O)(=O)C3)nn2)no1. The van der Waals surface area contributed by atoms with E-state index >= 15 is 0 Å². The van der Waals surface area contributed by atoms with Gasteiger partial charge in [0, 0.05) is 12.1 Å². The van der Waals surface area contributed by atoms with E-state index in [1.807, 2.05) is 0 Å². The van der Waals surface area contributed by atoms with Crippen molar-refractivity contribution in [1.82, 2.24) is 20.7 Å².